The number of halogens is 3. The number of imide groups is 1. The summed E-state index contributed by atoms with van der Waals surface area (Å²) in [6.45, 7) is 1.59. The topological polar surface area (TPSA) is 106 Å². The van der Waals surface area contributed by atoms with Crippen molar-refractivity contribution in [3.63, 3.8) is 0 Å². The first-order valence-electron chi connectivity index (χ1n) is 13.9. The van der Waals surface area contributed by atoms with Gasteiger partial charge in [-0.25, -0.2) is 9.69 Å². The number of thiazole rings is 1. The first-order valence-corrected chi connectivity index (χ1v) is 15.6. The van der Waals surface area contributed by atoms with Gasteiger partial charge in [0.2, 0.25) is 11.8 Å². The minimum absolute atomic E-state index is 0.165. The van der Waals surface area contributed by atoms with Crippen molar-refractivity contribution >= 4 is 46.6 Å². The Morgan fingerprint density at radius 1 is 1.02 bits per heavy atom. The van der Waals surface area contributed by atoms with Gasteiger partial charge in [0.25, 0.3) is 0 Å². The largest absolute Gasteiger partial charge is 0.482 e. The van der Waals surface area contributed by atoms with Gasteiger partial charge in [-0.05, 0) is 49.3 Å². The van der Waals surface area contributed by atoms with Crippen LogP contribution in [0.15, 0.2) is 58.4 Å². The second-order valence-electron chi connectivity index (χ2n) is 11.1. The highest BCUT2D eigenvalue weighted by Crippen LogP contribution is 2.69. The molecule has 3 fully saturated rings. The standard InChI is InChI=1S/C30H25F3N2O6S2/c1-2-40-19(36)12-41-18-10-6-3-7-13(18)20-21-14-11-15(24(21)42-26-25(20)43-29(39)34-26)23-22(14)27(37)35(28(23)38)17-9-5-4-8-16(17)30(31,32)33/h3-10,14-15,20-24H,2,11-12H2,1H3,(H,34,39)/t14-,15-,20+,21-,22+,23+,24-/m1/s1. The average Bonchev–Trinajstić information content (AvgIpc) is 3.70. The summed E-state index contributed by atoms with van der Waals surface area (Å²) < 4.78 is 52.6. The molecule has 0 spiro atoms. The number of aromatic nitrogens is 1. The third-order valence-electron chi connectivity index (χ3n) is 9.08. The molecule has 1 aromatic heterocycles. The van der Waals surface area contributed by atoms with Crippen molar-refractivity contribution in [1.82, 2.24) is 4.98 Å². The van der Waals surface area contributed by atoms with Gasteiger partial charge in [-0.15, -0.1) is 11.8 Å². The van der Waals surface area contributed by atoms with E-state index in [1.807, 2.05) is 12.1 Å². The normalized spacial score (nSPS) is 28.9. The number of nitrogens with one attached hydrogen (secondary N) is 1. The summed E-state index contributed by atoms with van der Waals surface area (Å²) in [5.41, 5.74) is -0.730. The van der Waals surface area contributed by atoms with Gasteiger partial charge >= 0.3 is 17.0 Å². The number of carbonyl (C=O) groups is 3. The molecule has 8 nitrogen and oxygen atoms in total. The minimum Gasteiger partial charge on any atom is -0.482 e. The number of amides is 2. The highest BCUT2D eigenvalue weighted by Gasteiger charge is 2.70. The molecule has 2 aromatic carbocycles. The number of rotatable bonds is 6. The predicted molar refractivity (Wildman–Crippen MR) is 151 cm³/mol. The molecule has 2 aliphatic carbocycles. The molecule has 0 radical (unpaired) electrons. The second kappa shape index (κ2) is 10.3. The molecule has 2 aliphatic heterocycles. The summed E-state index contributed by atoms with van der Waals surface area (Å²) in [5, 5.41) is 0.517. The molecule has 1 saturated heterocycles. The molecule has 7 rings (SSSR count). The van der Waals surface area contributed by atoms with Crippen molar-refractivity contribution in [2.24, 2.45) is 29.6 Å². The number of carbonyl (C=O) groups excluding carboxylic acids is 3. The fraction of sp³-hybridized carbons (Fsp3) is 0.400. The monoisotopic (exact) mass is 630 g/mol. The van der Waals surface area contributed by atoms with E-state index in [4.69, 9.17) is 9.47 Å². The van der Waals surface area contributed by atoms with Crippen LogP contribution in [0, 0.1) is 29.6 Å². The number of anilines is 1. The van der Waals surface area contributed by atoms with Crippen LogP contribution in [-0.2, 0) is 25.3 Å². The van der Waals surface area contributed by atoms with Crippen LogP contribution in [-0.4, -0.2) is 41.2 Å². The summed E-state index contributed by atoms with van der Waals surface area (Å²) in [4.78, 5) is 56.6. The summed E-state index contributed by atoms with van der Waals surface area (Å²) in [6.07, 6.45) is -4.17. The summed E-state index contributed by atoms with van der Waals surface area (Å²) in [7, 11) is 0. The molecule has 7 atom stereocenters. The smallest absolute Gasteiger partial charge is 0.418 e. The zero-order valence-electron chi connectivity index (χ0n) is 22.6. The molecule has 43 heavy (non-hydrogen) atoms. The Hall–Kier alpha value is -3.58. The van der Waals surface area contributed by atoms with Crippen molar-refractivity contribution < 1.29 is 37.0 Å². The number of nitrogens with zero attached hydrogens (tertiary/aromatic N) is 1. The third-order valence-corrected chi connectivity index (χ3v) is 11.7. The predicted octanol–water partition coefficient (Wildman–Crippen LogP) is 5.08. The Morgan fingerprint density at radius 2 is 1.72 bits per heavy atom. The number of hydrogen-bond acceptors (Lipinski definition) is 8. The van der Waals surface area contributed by atoms with Crippen LogP contribution in [0.4, 0.5) is 18.9 Å². The molecule has 2 bridgehead atoms. The van der Waals surface area contributed by atoms with Crippen LogP contribution in [0.2, 0.25) is 0 Å². The lowest BCUT2D eigenvalue weighted by atomic mass is 9.68. The van der Waals surface area contributed by atoms with E-state index in [0.29, 0.717) is 17.2 Å². The van der Waals surface area contributed by atoms with Crippen LogP contribution in [0.3, 0.4) is 0 Å². The van der Waals surface area contributed by atoms with Crippen LogP contribution in [0.5, 0.6) is 5.75 Å². The van der Waals surface area contributed by atoms with E-state index >= 15 is 0 Å². The molecule has 2 saturated carbocycles. The van der Waals surface area contributed by atoms with Gasteiger partial charge in [0.05, 0.1) is 34.7 Å². The Balaban J connectivity index is 1.29. The quantitative estimate of drug-likeness (QED) is 0.299. The first kappa shape index (κ1) is 28.2. The number of aromatic amines is 1. The molecule has 13 heteroatoms. The lowest BCUT2D eigenvalue weighted by Gasteiger charge is -2.43. The molecule has 224 valence electrons. The summed E-state index contributed by atoms with van der Waals surface area (Å²) in [6, 6.07) is 11.9. The maximum Gasteiger partial charge on any atom is 0.418 e. The number of fused-ring (bicyclic) bond motifs is 9. The van der Waals surface area contributed by atoms with Crippen molar-refractivity contribution in [3.05, 3.63) is 74.2 Å². The van der Waals surface area contributed by atoms with Gasteiger partial charge in [-0.1, -0.05) is 41.7 Å². The Morgan fingerprint density at radius 3 is 2.47 bits per heavy atom. The van der Waals surface area contributed by atoms with E-state index in [1.54, 1.807) is 19.1 Å². The summed E-state index contributed by atoms with van der Waals surface area (Å²) >= 11 is 2.55. The van der Waals surface area contributed by atoms with Crippen LogP contribution in [0.1, 0.15) is 35.3 Å². The number of H-pyrrole nitrogens is 1. The van der Waals surface area contributed by atoms with Crippen molar-refractivity contribution in [3.8, 4) is 5.75 Å². The lowest BCUT2D eigenvalue weighted by Crippen LogP contribution is -2.42. The highest BCUT2D eigenvalue weighted by atomic mass is 32.2. The zero-order chi connectivity index (χ0) is 30.2. The fourth-order valence-corrected chi connectivity index (χ4v) is 10.6. The van der Waals surface area contributed by atoms with Crippen LogP contribution >= 0.6 is 23.1 Å². The van der Waals surface area contributed by atoms with Crippen molar-refractivity contribution in [2.75, 3.05) is 18.1 Å². The van der Waals surface area contributed by atoms with Gasteiger partial charge in [-0.2, -0.15) is 13.2 Å². The Bertz CT molecular complexity index is 1700. The molecular weight excluding hydrogens is 605 g/mol. The molecule has 3 heterocycles. The van der Waals surface area contributed by atoms with Crippen LogP contribution < -0.4 is 14.5 Å². The Labute approximate surface area is 251 Å². The highest BCUT2D eigenvalue weighted by molar-refractivity contribution is 8.00. The van der Waals surface area contributed by atoms with Gasteiger partial charge in [-0.3, -0.25) is 14.4 Å². The number of para-hydroxylation sites is 2. The SMILES string of the molecule is CCOC(=O)COc1ccccc1[C@@H]1c2sc(=O)[nH]c2S[C@@H]2[C@@H]3C[C@@H]([C@@H]4C(=O)N(c5ccccc5C(F)(F)F)C(=O)[C@@H]34)[C@H]12. The average molecular weight is 631 g/mol. The lowest BCUT2D eigenvalue weighted by molar-refractivity contribution is -0.145. The number of ether oxygens (including phenoxy) is 2. The van der Waals surface area contributed by atoms with E-state index in [-0.39, 0.29) is 47.0 Å². The van der Waals surface area contributed by atoms with E-state index in [1.165, 1.54) is 30.0 Å². The molecule has 3 aromatic rings. The second-order valence-corrected chi connectivity index (χ2v) is 13.3. The van der Waals surface area contributed by atoms with Gasteiger partial charge < -0.3 is 14.5 Å². The third kappa shape index (κ3) is 4.34. The molecule has 1 N–H and O–H groups in total. The fourth-order valence-electron chi connectivity index (χ4n) is 7.72. The Kier molecular flexibility index (Phi) is 6.73. The molecule has 4 aliphatic rings. The number of thioether (sulfide) groups is 1. The molecule has 0 unspecified atom stereocenters. The van der Waals surface area contributed by atoms with E-state index < -0.39 is 47.0 Å². The number of alkyl halides is 3. The van der Waals surface area contributed by atoms with E-state index in [9.17, 15) is 32.3 Å². The first-order chi connectivity index (χ1) is 20.6. The van der Waals surface area contributed by atoms with Crippen molar-refractivity contribution in [2.45, 2.75) is 35.7 Å². The van der Waals surface area contributed by atoms with Gasteiger partial charge in [0.1, 0.15) is 5.75 Å². The number of benzene rings is 2. The zero-order valence-corrected chi connectivity index (χ0v) is 24.3. The maximum absolute atomic E-state index is 13.9. The maximum atomic E-state index is 13.9. The van der Waals surface area contributed by atoms with Crippen LogP contribution in [0.25, 0.3) is 0 Å². The number of hydrogen-bond donors (Lipinski definition) is 1. The molecule has 2 amide bonds. The number of esters is 1. The summed E-state index contributed by atoms with van der Waals surface area (Å²) in [5.74, 6) is -3.97. The van der Waals surface area contributed by atoms with Gasteiger partial charge in [0.15, 0.2) is 6.61 Å². The van der Waals surface area contributed by atoms with Crippen molar-refractivity contribution in [1.29, 1.82) is 0 Å². The minimum atomic E-state index is -4.74. The van der Waals surface area contributed by atoms with Gasteiger partial charge in [0, 0.05) is 21.6 Å². The van der Waals surface area contributed by atoms with E-state index in [2.05, 4.69) is 4.98 Å². The van der Waals surface area contributed by atoms with E-state index in [0.717, 1.165) is 32.7 Å². The molecular formula is C30H25F3N2O6S2.